The van der Waals surface area contributed by atoms with Gasteiger partial charge in [0.25, 0.3) is 5.91 Å². The van der Waals surface area contributed by atoms with Gasteiger partial charge in [0.2, 0.25) is 5.91 Å². The number of carbonyl (C=O) groups excluding carboxylic acids is 2. The SMILES string of the molecule is O=C1CC[C@H]2[C@H](CCN2C(=O)c2ccc3c(c2)CNC3)N1. The van der Waals surface area contributed by atoms with Gasteiger partial charge in [-0.3, -0.25) is 9.59 Å². The average Bonchev–Trinajstić information content (AvgIpc) is 3.11. The minimum absolute atomic E-state index is 0.105. The van der Waals surface area contributed by atoms with E-state index in [1.165, 1.54) is 11.1 Å². The van der Waals surface area contributed by atoms with Crippen molar-refractivity contribution in [3.8, 4) is 0 Å². The molecular weight excluding hydrogens is 266 g/mol. The summed E-state index contributed by atoms with van der Waals surface area (Å²) in [5.41, 5.74) is 3.29. The first-order valence-corrected chi connectivity index (χ1v) is 7.65. The summed E-state index contributed by atoms with van der Waals surface area (Å²) >= 11 is 0. The molecule has 1 aromatic rings. The van der Waals surface area contributed by atoms with Crippen LogP contribution in [0.4, 0.5) is 0 Å². The van der Waals surface area contributed by atoms with Gasteiger partial charge in [-0.2, -0.15) is 0 Å². The predicted molar refractivity (Wildman–Crippen MR) is 77.6 cm³/mol. The summed E-state index contributed by atoms with van der Waals surface area (Å²) in [6, 6.07) is 6.32. The van der Waals surface area contributed by atoms with Crippen molar-refractivity contribution < 1.29 is 9.59 Å². The molecule has 1 aromatic carbocycles. The number of likely N-dealkylation sites (tertiary alicyclic amines) is 1. The minimum atomic E-state index is 0.105. The van der Waals surface area contributed by atoms with E-state index in [4.69, 9.17) is 0 Å². The highest BCUT2D eigenvalue weighted by molar-refractivity contribution is 5.95. The van der Waals surface area contributed by atoms with Crippen LogP contribution in [0.5, 0.6) is 0 Å². The van der Waals surface area contributed by atoms with E-state index in [9.17, 15) is 9.59 Å². The van der Waals surface area contributed by atoms with Crippen LogP contribution in [0.25, 0.3) is 0 Å². The van der Waals surface area contributed by atoms with E-state index >= 15 is 0 Å². The lowest BCUT2D eigenvalue weighted by Crippen LogP contribution is -2.50. The van der Waals surface area contributed by atoms with Crippen LogP contribution < -0.4 is 10.6 Å². The number of nitrogens with zero attached hydrogens (tertiary/aromatic N) is 1. The Bertz CT molecular complexity index is 614. The van der Waals surface area contributed by atoms with Crippen molar-refractivity contribution in [3.63, 3.8) is 0 Å². The number of nitrogens with one attached hydrogen (secondary N) is 2. The maximum Gasteiger partial charge on any atom is 0.254 e. The Labute approximate surface area is 123 Å². The first-order chi connectivity index (χ1) is 10.2. The second-order valence-electron chi connectivity index (χ2n) is 6.15. The van der Waals surface area contributed by atoms with Gasteiger partial charge in [0.1, 0.15) is 0 Å². The van der Waals surface area contributed by atoms with E-state index < -0.39 is 0 Å². The fourth-order valence-electron chi connectivity index (χ4n) is 3.78. The highest BCUT2D eigenvalue weighted by Gasteiger charge is 2.40. The molecule has 0 unspecified atom stereocenters. The Kier molecular flexibility index (Phi) is 2.96. The van der Waals surface area contributed by atoms with Crippen LogP contribution in [0.15, 0.2) is 18.2 Å². The topological polar surface area (TPSA) is 61.4 Å². The lowest BCUT2D eigenvalue weighted by molar-refractivity contribution is -0.123. The first-order valence-electron chi connectivity index (χ1n) is 7.65. The van der Waals surface area contributed by atoms with Gasteiger partial charge in [-0.25, -0.2) is 0 Å². The molecule has 2 saturated heterocycles. The summed E-state index contributed by atoms with van der Waals surface area (Å²) in [4.78, 5) is 26.2. The molecule has 0 radical (unpaired) electrons. The number of hydrogen-bond acceptors (Lipinski definition) is 3. The van der Waals surface area contributed by atoms with Crippen LogP contribution >= 0.6 is 0 Å². The Morgan fingerprint density at radius 1 is 1.19 bits per heavy atom. The quantitative estimate of drug-likeness (QED) is 0.802. The number of benzene rings is 1. The molecule has 5 nitrogen and oxygen atoms in total. The van der Waals surface area contributed by atoms with Crippen molar-refractivity contribution >= 4 is 11.8 Å². The third-order valence-electron chi connectivity index (χ3n) is 4.90. The highest BCUT2D eigenvalue weighted by Crippen LogP contribution is 2.28. The molecule has 0 saturated carbocycles. The molecule has 0 bridgehead atoms. The zero-order chi connectivity index (χ0) is 14.4. The lowest BCUT2D eigenvalue weighted by atomic mass is 9.98. The van der Waals surface area contributed by atoms with Crippen molar-refractivity contribution in [3.05, 3.63) is 34.9 Å². The molecule has 2 N–H and O–H groups in total. The molecule has 3 heterocycles. The molecule has 0 aliphatic carbocycles. The molecule has 110 valence electrons. The van der Waals surface area contributed by atoms with Crippen molar-refractivity contribution in [2.75, 3.05) is 6.54 Å². The Hall–Kier alpha value is -1.88. The number of rotatable bonds is 1. The van der Waals surface area contributed by atoms with E-state index in [0.717, 1.165) is 38.0 Å². The summed E-state index contributed by atoms with van der Waals surface area (Å²) < 4.78 is 0. The largest absolute Gasteiger partial charge is 0.351 e. The third kappa shape index (κ3) is 2.12. The molecule has 21 heavy (non-hydrogen) atoms. The van der Waals surface area contributed by atoms with Crippen LogP contribution in [0.3, 0.4) is 0 Å². The number of hydrogen-bond donors (Lipinski definition) is 2. The molecule has 2 atom stereocenters. The van der Waals surface area contributed by atoms with Gasteiger partial charge < -0.3 is 15.5 Å². The third-order valence-corrected chi connectivity index (χ3v) is 4.90. The van der Waals surface area contributed by atoms with E-state index in [-0.39, 0.29) is 23.9 Å². The Morgan fingerprint density at radius 3 is 2.95 bits per heavy atom. The fraction of sp³-hybridized carbons (Fsp3) is 0.500. The van der Waals surface area contributed by atoms with E-state index in [0.29, 0.717) is 6.42 Å². The summed E-state index contributed by atoms with van der Waals surface area (Å²) in [5, 5.41) is 6.31. The van der Waals surface area contributed by atoms with Crippen molar-refractivity contribution in [2.45, 2.75) is 44.4 Å². The van der Waals surface area contributed by atoms with Crippen molar-refractivity contribution in [1.29, 1.82) is 0 Å². The van der Waals surface area contributed by atoms with Gasteiger partial charge in [0.05, 0.1) is 12.1 Å². The fourth-order valence-corrected chi connectivity index (χ4v) is 3.78. The van der Waals surface area contributed by atoms with Crippen LogP contribution in [0.2, 0.25) is 0 Å². The van der Waals surface area contributed by atoms with Gasteiger partial charge in [-0.05, 0) is 36.1 Å². The van der Waals surface area contributed by atoms with Gasteiger partial charge in [-0.15, -0.1) is 0 Å². The number of piperidine rings is 1. The molecule has 2 fully saturated rings. The monoisotopic (exact) mass is 285 g/mol. The van der Waals surface area contributed by atoms with E-state index in [1.807, 2.05) is 17.0 Å². The van der Waals surface area contributed by atoms with Gasteiger partial charge in [-0.1, -0.05) is 6.07 Å². The van der Waals surface area contributed by atoms with Crippen molar-refractivity contribution in [1.82, 2.24) is 15.5 Å². The first kappa shape index (κ1) is 12.8. The van der Waals surface area contributed by atoms with E-state index in [2.05, 4.69) is 16.7 Å². The molecule has 3 aliphatic rings. The van der Waals surface area contributed by atoms with Crippen LogP contribution in [0, 0.1) is 0 Å². The number of amides is 2. The van der Waals surface area contributed by atoms with Gasteiger partial charge >= 0.3 is 0 Å². The summed E-state index contributed by atoms with van der Waals surface area (Å²) in [5.74, 6) is 0.225. The Morgan fingerprint density at radius 2 is 2.05 bits per heavy atom. The molecule has 5 heteroatoms. The van der Waals surface area contributed by atoms with Crippen molar-refractivity contribution in [2.24, 2.45) is 0 Å². The molecule has 3 aliphatic heterocycles. The molecule has 4 rings (SSSR count). The molecular formula is C16H19N3O2. The second-order valence-corrected chi connectivity index (χ2v) is 6.15. The molecule has 0 spiro atoms. The normalized spacial score (nSPS) is 27.2. The maximum absolute atomic E-state index is 12.8. The highest BCUT2D eigenvalue weighted by atomic mass is 16.2. The summed E-state index contributed by atoms with van der Waals surface area (Å²) in [7, 11) is 0. The molecule has 2 amide bonds. The van der Waals surface area contributed by atoms with E-state index in [1.54, 1.807) is 0 Å². The number of carbonyl (C=O) groups is 2. The van der Waals surface area contributed by atoms with Crippen LogP contribution in [0.1, 0.15) is 40.7 Å². The predicted octanol–water partition coefficient (Wildman–Crippen LogP) is 0.783. The maximum atomic E-state index is 12.8. The molecule has 0 aromatic heterocycles. The second kappa shape index (κ2) is 4.84. The zero-order valence-corrected chi connectivity index (χ0v) is 11.9. The van der Waals surface area contributed by atoms with Crippen LogP contribution in [-0.4, -0.2) is 35.3 Å². The van der Waals surface area contributed by atoms with Gasteiger partial charge in [0, 0.05) is 31.6 Å². The smallest absolute Gasteiger partial charge is 0.254 e. The average molecular weight is 285 g/mol. The zero-order valence-electron chi connectivity index (χ0n) is 11.9. The number of fused-ring (bicyclic) bond motifs is 2. The van der Waals surface area contributed by atoms with Crippen LogP contribution in [-0.2, 0) is 17.9 Å². The lowest BCUT2D eigenvalue weighted by Gasteiger charge is -2.32. The standard InChI is InChI=1S/C16H19N3O2/c20-15-4-3-14-13(18-15)5-6-19(14)16(21)10-1-2-11-8-17-9-12(11)7-10/h1-2,7,13-14,17H,3-6,8-9H2,(H,18,20)/t13-,14-/m0/s1. The summed E-state index contributed by atoms with van der Waals surface area (Å²) in [6.07, 6.45) is 2.18. The minimum Gasteiger partial charge on any atom is -0.351 e. The van der Waals surface area contributed by atoms with Gasteiger partial charge in [0.15, 0.2) is 0 Å². The summed E-state index contributed by atoms with van der Waals surface area (Å²) in [6.45, 7) is 2.48. The Balaban J connectivity index is 1.56.